The number of nitrogens with one attached hydrogen (secondary N) is 1. The van der Waals surface area contributed by atoms with Gasteiger partial charge in [-0.25, -0.2) is 4.39 Å². The zero-order chi connectivity index (χ0) is 14.3. The number of fused-ring (bicyclic) bond motifs is 1. The van der Waals surface area contributed by atoms with E-state index in [1.807, 2.05) is 19.1 Å². The molecule has 2 aromatic rings. The van der Waals surface area contributed by atoms with Gasteiger partial charge >= 0.3 is 0 Å². The van der Waals surface area contributed by atoms with E-state index in [9.17, 15) is 4.39 Å². The van der Waals surface area contributed by atoms with E-state index in [1.165, 1.54) is 12.1 Å². The predicted octanol–water partition coefficient (Wildman–Crippen LogP) is 4.99. The van der Waals surface area contributed by atoms with Crippen LogP contribution < -0.4 is 10.1 Å². The first kappa shape index (κ1) is 13.5. The third-order valence-electron chi connectivity index (χ3n) is 3.29. The standard InChI is InChI=1S/C15H12Cl2FNO/c1-8-4-9(16)5-13-15(8)20-14(7-19-13)11-3-2-10(18)6-12(11)17/h2-6,14,19H,7H2,1H3. The van der Waals surface area contributed by atoms with Gasteiger partial charge in [-0.15, -0.1) is 0 Å². The number of rotatable bonds is 1. The average molecular weight is 312 g/mol. The van der Waals surface area contributed by atoms with Crippen LogP contribution in [0.3, 0.4) is 0 Å². The molecule has 1 unspecified atom stereocenters. The van der Waals surface area contributed by atoms with Gasteiger partial charge in [-0.2, -0.15) is 0 Å². The fraction of sp³-hybridized carbons (Fsp3) is 0.200. The molecule has 0 spiro atoms. The summed E-state index contributed by atoms with van der Waals surface area (Å²) in [6.45, 7) is 2.49. The molecule has 2 nitrogen and oxygen atoms in total. The molecular weight excluding hydrogens is 300 g/mol. The zero-order valence-electron chi connectivity index (χ0n) is 10.7. The van der Waals surface area contributed by atoms with E-state index in [-0.39, 0.29) is 11.9 Å². The minimum atomic E-state index is -0.356. The van der Waals surface area contributed by atoms with E-state index < -0.39 is 0 Å². The van der Waals surface area contributed by atoms with Crippen LogP contribution >= 0.6 is 23.2 Å². The molecule has 1 heterocycles. The van der Waals surface area contributed by atoms with Gasteiger partial charge in [0.2, 0.25) is 0 Å². The summed E-state index contributed by atoms with van der Waals surface area (Å²) in [5.74, 6) is 0.400. The first-order valence-corrected chi connectivity index (χ1v) is 6.96. The highest BCUT2D eigenvalue weighted by molar-refractivity contribution is 6.31. The lowest BCUT2D eigenvalue weighted by Crippen LogP contribution is -2.24. The largest absolute Gasteiger partial charge is 0.481 e. The van der Waals surface area contributed by atoms with Crippen molar-refractivity contribution >= 4 is 28.9 Å². The second kappa shape index (κ2) is 5.15. The van der Waals surface area contributed by atoms with Crippen molar-refractivity contribution in [1.82, 2.24) is 0 Å². The van der Waals surface area contributed by atoms with Crippen molar-refractivity contribution < 1.29 is 9.13 Å². The summed E-state index contributed by atoms with van der Waals surface area (Å²) in [6, 6.07) is 8.00. The van der Waals surface area contributed by atoms with Gasteiger partial charge in [0.05, 0.1) is 17.3 Å². The molecule has 1 atom stereocenters. The lowest BCUT2D eigenvalue weighted by molar-refractivity contribution is 0.209. The molecule has 0 aromatic heterocycles. The fourth-order valence-electron chi connectivity index (χ4n) is 2.34. The average Bonchev–Trinajstić information content (AvgIpc) is 2.38. The number of hydrogen-bond acceptors (Lipinski definition) is 2. The van der Waals surface area contributed by atoms with Crippen molar-refractivity contribution in [3.8, 4) is 5.75 Å². The Balaban J connectivity index is 1.96. The molecule has 0 radical (unpaired) electrons. The van der Waals surface area contributed by atoms with Gasteiger partial charge in [0, 0.05) is 10.6 Å². The summed E-state index contributed by atoms with van der Waals surface area (Å²) in [7, 11) is 0. The Kier molecular flexibility index (Phi) is 3.48. The van der Waals surface area contributed by atoms with Crippen molar-refractivity contribution in [1.29, 1.82) is 0 Å². The lowest BCUT2D eigenvalue weighted by Gasteiger charge is -2.29. The summed E-state index contributed by atoms with van der Waals surface area (Å²) in [5, 5.41) is 4.30. The van der Waals surface area contributed by atoms with Crippen LogP contribution in [0.25, 0.3) is 0 Å². The van der Waals surface area contributed by atoms with Gasteiger partial charge in [0.1, 0.15) is 17.7 Å². The van der Waals surface area contributed by atoms with Gasteiger partial charge in [-0.3, -0.25) is 0 Å². The van der Waals surface area contributed by atoms with E-state index in [4.69, 9.17) is 27.9 Å². The summed E-state index contributed by atoms with van der Waals surface area (Å²) < 4.78 is 19.1. The smallest absolute Gasteiger partial charge is 0.146 e. The van der Waals surface area contributed by atoms with Crippen molar-refractivity contribution in [3.05, 3.63) is 57.3 Å². The fourth-order valence-corrected chi connectivity index (χ4v) is 2.90. The highest BCUT2D eigenvalue weighted by atomic mass is 35.5. The van der Waals surface area contributed by atoms with Crippen molar-refractivity contribution in [2.75, 3.05) is 11.9 Å². The third kappa shape index (κ3) is 2.43. The summed E-state index contributed by atoms with van der Waals surface area (Å²) >= 11 is 12.1. The van der Waals surface area contributed by atoms with Crippen LogP contribution in [0, 0.1) is 12.7 Å². The Morgan fingerprint density at radius 1 is 1.25 bits per heavy atom. The second-order valence-corrected chi connectivity index (χ2v) is 5.60. The molecule has 104 valence electrons. The highest BCUT2D eigenvalue weighted by Gasteiger charge is 2.24. The molecule has 20 heavy (non-hydrogen) atoms. The van der Waals surface area contributed by atoms with Crippen LogP contribution in [-0.2, 0) is 0 Å². The van der Waals surface area contributed by atoms with Crippen LogP contribution in [0.4, 0.5) is 10.1 Å². The minimum Gasteiger partial charge on any atom is -0.481 e. The molecule has 0 aliphatic carbocycles. The van der Waals surface area contributed by atoms with Crippen LogP contribution in [0.1, 0.15) is 17.2 Å². The van der Waals surface area contributed by atoms with Gasteiger partial charge in [-0.1, -0.05) is 29.3 Å². The zero-order valence-corrected chi connectivity index (χ0v) is 12.2. The first-order valence-electron chi connectivity index (χ1n) is 6.20. The summed E-state index contributed by atoms with van der Waals surface area (Å²) in [5.41, 5.74) is 2.58. The molecular formula is C15H12Cl2FNO. The maximum Gasteiger partial charge on any atom is 0.146 e. The summed E-state index contributed by atoms with van der Waals surface area (Å²) in [6.07, 6.45) is -0.254. The van der Waals surface area contributed by atoms with Crippen molar-refractivity contribution in [3.63, 3.8) is 0 Å². The molecule has 1 N–H and O–H groups in total. The molecule has 1 aliphatic rings. The van der Waals surface area contributed by atoms with Crippen molar-refractivity contribution in [2.24, 2.45) is 0 Å². The van der Waals surface area contributed by atoms with Gasteiger partial charge in [-0.05, 0) is 36.8 Å². The Hall–Kier alpha value is -1.45. The number of hydrogen-bond donors (Lipinski definition) is 1. The molecule has 0 amide bonds. The van der Waals surface area contributed by atoms with Crippen molar-refractivity contribution in [2.45, 2.75) is 13.0 Å². The number of ether oxygens (including phenoxy) is 1. The van der Waals surface area contributed by atoms with E-state index in [2.05, 4.69) is 5.32 Å². The van der Waals surface area contributed by atoms with Gasteiger partial charge in [0.25, 0.3) is 0 Å². The van der Waals surface area contributed by atoms with Gasteiger partial charge in [0.15, 0.2) is 0 Å². The third-order valence-corrected chi connectivity index (χ3v) is 3.83. The highest BCUT2D eigenvalue weighted by Crippen LogP contribution is 2.40. The molecule has 0 saturated carbocycles. The quantitative estimate of drug-likeness (QED) is 0.801. The maximum atomic E-state index is 13.1. The molecule has 0 bridgehead atoms. The van der Waals surface area contributed by atoms with Gasteiger partial charge < -0.3 is 10.1 Å². The SMILES string of the molecule is Cc1cc(Cl)cc2c1OC(c1ccc(F)cc1Cl)CN2. The normalized spacial score (nSPS) is 17.1. The Morgan fingerprint density at radius 2 is 2.05 bits per heavy atom. The molecule has 2 aromatic carbocycles. The number of halogens is 3. The number of aryl methyl sites for hydroxylation is 1. The molecule has 0 saturated heterocycles. The second-order valence-electron chi connectivity index (χ2n) is 4.75. The molecule has 1 aliphatic heterocycles. The number of benzene rings is 2. The first-order chi connectivity index (χ1) is 9.54. The molecule has 3 rings (SSSR count). The van der Waals surface area contributed by atoms with E-state index >= 15 is 0 Å². The van der Waals surface area contributed by atoms with E-state index in [0.717, 1.165) is 22.6 Å². The van der Waals surface area contributed by atoms with Crippen LogP contribution in [0.2, 0.25) is 10.0 Å². The predicted molar refractivity (Wildman–Crippen MR) is 79.5 cm³/mol. The number of anilines is 1. The lowest BCUT2D eigenvalue weighted by atomic mass is 10.1. The monoisotopic (exact) mass is 311 g/mol. The van der Waals surface area contributed by atoms with E-state index in [1.54, 1.807) is 6.07 Å². The maximum absolute atomic E-state index is 13.1. The van der Waals surface area contributed by atoms with Crippen LogP contribution in [0.15, 0.2) is 30.3 Å². The van der Waals surface area contributed by atoms with E-state index in [0.29, 0.717) is 16.6 Å². The Labute approximate surface area is 126 Å². The minimum absolute atomic E-state index is 0.254. The Bertz CT molecular complexity index is 675. The topological polar surface area (TPSA) is 21.3 Å². The summed E-state index contributed by atoms with van der Waals surface area (Å²) in [4.78, 5) is 0. The van der Waals surface area contributed by atoms with Crippen LogP contribution in [0.5, 0.6) is 5.75 Å². The van der Waals surface area contributed by atoms with Crippen LogP contribution in [-0.4, -0.2) is 6.54 Å². The molecule has 0 fully saturated rings. The Morgan fingerprint density at radius 3 is 2.80 bits per heavy atom. The molecule has 5 heteroatoms.